The minimum Gasteiger partial charge on any atom is -0.349 e. The molecule has 0 aliphatic rings. The van der Waals surface area contributed by atoms with Crippen LogP contribution in [0.1, 0.15) is 22.8 Å². The van der Waals surface area contributed by atoms with E-state index in [1.807, 2.05) is 73.7 Å². The predicted molar refractivity (Wildman–Crippen MR) is 119 cm³/mol. The third kappa shape index (κ3) is 5.78. The number of nitrogens with zero attached hydrogens (tertiary/aromatic N) is 1. The maximum atomic E-state index is 11.9. The summed E-state index contributed by atoms with van der Waals surface area (Å²) in [5.74, 6) is -0.0148. The van der Waals surface area contributed by atoms with E-state index in [0.717, 1.165) is 23.0 Å². The Bertz CT molecular complexity index is 1080. The van der Waals surface area contributed by atoms with Crippen molar-refractivity contribution in [1.82, 2.24) is 15.5 Å². The maximum absolute atomic E-state index is 11.9. The second kappa shape index (κ2) is 10.6. The van der Waals surface area contributed by atoms with Crippen molar-refractivity contribution in [1.29, 1.82) is 0 Å². The van der Waals surface area contributed by atoms with Gasteiger partial charge in [0.05, 0.1) is 17.4 Å². The standard InChI is InChI=1S/C16H17NO.C8H7N3O/c1-13(12-14-8-4-2-5-9-14)17-16(18)15-10-6-3-7-11-15;12-5-9-7-2-1-3-8-6(7)4-10-11-8/h2-11,13H,12H2,1H3,(H,17,18);1-5H,(H,9,12)(H,10,11). The molecule has 0 radical (unpaired) electrons. The van der Waals surface area contributed by atoms with Crippen LogP contribution in [-0.4, -0.2) is 28.6 Å². The number of benzene rings is 3. The highest BCUT2D eigenvalue weighted by Crippen LogP contribution is 2.19. The number of fused-ring (bicyclic) bond motifs is 1. The SMILES string of the molecule is CC(Cc1ccccc1)NC(=O)c1ccccc1.O=CNc1cccc2[nH]ncc12. The summed E-state index contributed by atoms with van der Waals surface area (Å²) in [5, 5.41) is 13.2. The number of amides is 2. The van der Waals surface area contributed by atoms with Crippen LogP contribution >= 0.6 is 0 Å². The molecule has 0 aliphatic heterocycles. The zero-order valence-corrected chi connectivity index (χ0v) is 16.7. The number of hydrogen-bond acceptors (Lipinski definition) is 3. The number of H-pyrrole nitrogens is 1. The molecule has 6 heteroatoms. The fourth-order valence-corrected chi connectivity index (χ4v) is 3.07. The lowest BCUT2D eigenvalue weighted by Gasteiger charge is -2.14. The van der Waals surface area contributed by atoms with Crippen molar-refractivity contribution in [3.05, 3.63) is 96.2 Å². The van der Waals surface area contributed by atoms with Crippen LogP contribution in [0.3, 0.4) is 0 Å². The molecule has 152 valence electrons. The second-order valence-electron chi connectivity index (χ2n) is 6.83. The number of carbonyl (C=O) groups excluding carboxylic acids is 2. The molecule has 0 fully saturated rings. The highest BCUT2D eigenvalue weighted by atomic mass is 16.1. The summed E-state index contributed by atoms with van der Waals surface area (Å²) in [4.78, 5) is 22.1. The lowest BCUT2D eigenvalue weighted by molar-refractivity contribution is -0.105. The number of rotatable bonds is 6. The summed E-state index contributed by atoms with van der Waals surface area (Å²) in [5.41, 5.74) is 3.63. The van der Waals surface area contributed by atoms with Gasteiger partial charge >= 0.3 is 0 Å². The molecule has 6 nitrogen and oxygen atoms in total. The van der Waals surface area contributed by atoms with Gasteiger partial charge in [0.1, 0.15) is 0 Å². The lowest BCUT2D eigenvalue weighted by Crippen LogP contribution is -2.34. The van der Waals surface area contributed by atoms with Gasteiger partial charge in [0.25, 0.3) is 5.91 Å². The first kappa shape index (κ1) is 20.8. The third-order valence-corrected chi connectivity index (χ3v) is 4.50. The van der Waals surface area contributed by atoms with Crippen LogP contribution in [0.25, 0.3) is 10.9 Å². The molecule has 4 rings (SSSR count). The normalized spacial score (nSPS) is 11.1. The van der Waals surface area contributed by atoms with E-state index in [-0.39, 0.29) is 11.9 Å². The minimum atomic E-state index is -0.0148. The Morgan fingerprint density at radius 2 is 1.70 bits per heavy atom. The number of aromatic amines is 1. The predicted octanol–water partition coefficient (Wildman–Crippen LogP) is 4.18. The van der Waals surface area contributed by atoms with E-state index < -0.39 is 0 Å². The number of aromatic nitrogens is 2. The van der Waals surface area contributed by atoms with E-state index in [2.05, 4.69) is 33.0 Å². The molecule has 4 aromatic rings. The zero-order chi connectivity index (χ0) is 21.2. The fraction of sp³-hybridized carbons (Fsp3) is 0.125. The van der Waals surface area contributed by atoms with Gasteiger partial charge in [-0.05, 0) is 43.2 Å². The topological polar surface area (TPSA) is 86.9 Å². The van der Waals surface area contributed by atoms with Crippen molar-refractivity contribution in [2.75, 3.05) is 5.32 Å². The molecule has 3 aromatic carbocycles. The van der Waals surface area contributed by atoms with Crippen molar-refractivity contribution < 1.29 is 9.59 Å². The van der Waals surface area contributed by atoms with Crippen molar-refractivity contribution >= 4 is 28.9 Å². The molecule has 0 spiro atoms. The average Bonchev–Trinajstić information content (AvgIpc) is 3.26. The fourth-order valence-electron chi connectivity index (χ4n) is 3.07. The molecular weight excluding hydrogens is 376 g/mol. The highest BCUT2D eigenvalue weighted by molar-refractivity contribution is 5.95. The summed E-state index contributed by atoms with van der Waals surface area (Å²) in [6.07, 6.45) is 3.18. The summed E-state index contributed by atoms with van der Waals surface area (Å²) >= 11 is 0. The number of nitrogens with one attached hydrogen (secondary N) is 3. The molecule has 0 aliphatic carbocycles. The van der Waals surface area contributed by atoms with E-state index >= 15 is 0 Å². The maximum Gasteiger partial charge on any atom is 0.251 e. The van der Waals surface area contributed by atoms with Crippen molar-refractivity contribution in [3.63, 3.8) is 0 Å². The van der Waals surface area contributed by atoms with Gasteiger partial charge in [-0.3, -0.25) is 14.7 Å². The van der Waals surface area contributed by atoms with Gasteiger partial charge in [-0.15, -0.1) is 0 Å². The third-order valence-electron chi connectivity index (χ3n) is 4.50. The quantitative estimate of drug-likeness (QED) is 0.424. The van der Waals surface area contributed by atoms with Gasteiger partial charge in [0.15, 0.2) is 0 Å². The Morgan fingerprint density at radius 3 is 2.40 bits per heavy atom. The van der Waals surface area contributed by atoms with Gasteiger partial charge in [0, 0.05) is 17.0 Å². The van der Waals surface area contributed by atoms with E-state index in [9.17, 15) is 9.59 Å². The van der Waals surface area contributed by atoms with Crippen LogP contribution < -0.4 is 10.6 Å². The molecule has 0 saturated carbocycles. The second-order valence-corrected chi connectivity index (χ2v) is 6.83. The summed E-state index contributed by atoms with van der Waals surface area (Å²) in [6.45, 7) is 2.02. The first-order valence-corrected chi connectivity index (χ1v) is 9.69. The highest BCUT2D eigenvalue weighted by Gasteiger charge is 2.09. The summed E-state index contributed by atoms with van der Waals surface area (Å²) < 4.78 is 0. The number of carbonyl (C=O) groups is 2. The Kier molecular flexibility index (Phi) is 7.33. The zero-order valence-electron chi connectivity index (χ0n) is 16.7. The van der Waals surface area contributed by atoms with Crippen molar-refractivity contribution in [2.24, 2.45) is 0 Å². The smallest absolute Gasteiger partial charge is 0.251 e. The Labute approximate surface area is 175 Å². The van der Waals surface area contributed by atoms with Gasteiger partial charge < -0.3 is 10.6 Å². The average molecular weight is 400 g/mol. The molecule has 30 heavy (non-hydrogen) atoms. The van der Waals surface area contributed by atoms with Crippen molar-refractivity contribution in [3.8, 4) is 0 Å². The summed E-state index contributed by atoms with van der Waals surface area (Å²) in [6, 6.07) is 25.2. The molecule has 1 heterocycles. The minimum absolute atomic E-state index is 0.0148. The first-order valence-electron chi connectivity index (χ1n) is 9.69. The molecule has 1 unspecified atom stereocenters. The van der Waals surface area contributed by atoms with E-state index in [1.54, 1.807) is 6.20 Å². The van der Waals surface area contributed by atoms with Crippen LogP contribution in [0.5, 0.6) is 0 Å². The monoisotopic (exact) mass is 400 g/mol. The number of hydrogen-bond donors (Lipinski definition) is 3. The largest absolute Gasteiger partial charge is 0.349 e. The van der Waals surface area contributed by atoms with Crippen LogP contribution in [0.15, 0.2) is 85.1 Å². The van der Waals surface area contributed by atoms with Gasteiger partial charge in [-0.1, -0.05) is 54.6 Å². The lowest BCUT2D eigenvalue weighted by atomic mass is 10.1. The van der Waals surface area contributed by atoms with Crippen molar-refractivity contribution in [2.45, 2.75) is 19.4 Å². The number of anilines is 1. The van der Waals surface area contributed by atoms with Gasteiger partial charge in [-0.25, -0.2) is 0 Å². The molecule has 0 bridgehead atoms. The first-order chi connectivity index (χ1) is 14.7. The Balaban J connectivity index is 0.000000184. The van der Waals surface area contributed by atoms with Crippen LogP contribution in [-0.2, 0) is 11.2 Å². The summed E-state index contributed by atoms with van der Waals surface area (Å²) in [7, 11) is 0. The van der Waals surface area contributed by atoms with Gasteiger partial charge in [0.2, 0.25) is 6.41 Å². The van der Waals surface area contributed by atoms with E-state index in [1.165, 1.54) is 5.56 Å². The van der Waals surface area contributed by atoms with E-state index in [4.69, 9.17) is 0 Å². The molecular formula is C24H24N4O2. The molecule has 3 N–H and O–H groups in total. The molecule has 0 saturated heterocycles. The van der Waals surface area contributed by atoms with E-state index in [0.29, 0.717) is 12.0 Å². The Hall–Kier alpha value is -3.93. The Morgan fingerprint density at radius 1 is 1.00 bits per heavy atom. The van der Waals surface area contributed by atoms with Gasteiger partial charge in [-0.2, -0.15) is 5.10 Å². The molecule has 2 amide bonds. The van der Waals surface area contributed by atoms with Crippen LogP contribution in [0, 0.1) is 0 Å². The molecule has 1 aromatic heterocycles. The molecule has 1 atom stereocenters. The van der Waals surface area contributed by atoms with Crippen LogP contribution in [0.4, 0.5) is 5.69 Å². The van der Waals surface area contributed by atoms with Crippen LogP contribution in [0.2, 0.25) is 0 Å².